The number of allylic oxidation sites excluding steroid dienone is 1. The molecule has 128 valence electrons. The zero-order valence-corrected chi connectivity index (χ0v) is 13.1. The summed E-state index contributed by atoms with van der Waals surface area (Å²) in [7, 11) is 0. The number of Topliss-reactive ketones (excluding diaryl/α,β-unsaturated/α-hetero) is 1. The monoisotopic (exact) mass is 345 g/mol. The van der Waals surface area contributed by atoms with E-state index in [1.54, 1.807) is 24.3 Å². The maximum atomic E-state index is 12.5. The van der Waals surface area contributed by atoms with Crippen LogP contribution in [-0.4, -0.2) is 17.9 Å². The molecule has 0 unspecified atom stereocenters. The van der Waals surface area contributed by atoms with Gasteiger partial charge in [0, 0.05) is 16.8 Å². The first-order valence-corrected chi connectivity index (χ1v) is 7.66. The zero-order valence-electron chi connectivity index (χ0n) is 13.1. The summed E-state index contributed by atoms with van der Waals surface area (Å²) in [5, 5.41) is 1.81. The fourth-order valence-electron chi connectivity index (χ4n) is 2.76. The van der Waals surface area contributed by atoms with Crippen molar-refractivity contribution in [2.24, 2.45) is 0 Å². The van der Waals surface area contributed by atoms with Crippen LogP contribution in [0, 0.1) is 0 Å². The van der Waals surface area contributed by atoms with E-state index in [4.69, 9.17) is 0 Å². The largest absolute Gasteiger partial charge is 0.471 e. The molecule has 0 heterocycles. The molecule has 6 heteroatoms. The van der Waals surface area contributed by atoms with Crippen LogP contribution in [0.2, 0.25) is 0 Å². The molecule has 0 bridgehead atoms. The lowest BCUT2D eigenvalue weighted by Gasteiger charge is -2.17. The van der Waals surface area contributed by atoms with Crippen molar-refractivity contribution in [3.8, 4) is 0 Å². The molecular weight excluding hydrogens is 331 g/mol. The molecule has 0 aliphatic heterocycles. The number of aryl methyl sites for hydroxylation is 1. The van der Waals surface area contributed by atoms with E-state index in [2.05, 4.69) is 0 Å². The molecule has 0 saturated carbocycles. The summed E-state index contributed by atoms with van der Waals surface area (Å²) in [5.74, 6) is -2.11. The Balaban J connectivity index is 1.84. The minimum atomic E-state index is -4.95. The third-order valence-electron chi connectivity index (χ3n) is 3.96. The lowest BCUT2D eigenvalue weighted by atomic mass is 9.86. The minimum absolute atomic E-state index is 0.0281. The zero-order chi connectivity index (χ0) is 18.0. The molecule has 1 N–H and O–H groups in total. The topological polar surface area (TPSA) is 46.2 Å². The minimum Gasteiger partial charge on any atom is -0.318 e. The van der Waals surface area contributed by atoms with E-state index in [1.807, 2.05) is 17.4 Å². The standard InChI is InChI=1S/C19H14F3NO2/c20-19(21,22)18(25)23-15-6-3-4-12(11-15)10-14-9-8-13-5-1-2-7-16(13)17(14)24/h1-7,10-11H,8-9H2,(H,23,25). The average Bonchev–Trinajstić information content (AvgIpc) is 2.57. The summed E-state index contributed by atoms with van der Waals surface area (Å²) in [6.07, 6.45) is -1.99. The van der Waals surface area contributed by atoms with Gasteiger partial charge in [0.2, 0.25) is 0 Å². The van der Waals surface area contributed by atoms with E-state index in [9.17, 15) is 22.8 Å². The fraction of sp³-hybridized carbons (Fsp3) is 0.158. The van der Waals surface area contributed by atoms with Gasteiger partial charge in [0.25, 0.3) is 0 Å². The highest BCUT2D eigenvalue weighted by atomic mass is 19.4. The first-order valence-electron chi connectivity index (χ1n) is 7.66. The molecular formula is C19H14F3NO2. The average molecular weight is 345 g/mol. The van der Waals surface area contributed by atoms with Crippen molar-refractivity contribution in [3.63, 3.8) is 0 Å². The van der Waals surface area contributed by atoms with Gasteiger partial charge in [-0.25, -0.2) is 0 Å². The van der Waals surface area contributed by atoms with Crippen molar-refractivity contribution >= 4 is 23.5 Å². The predicted molar refractivity (Wildman–Crippen MR) is 88.2 cm³/mol. The van der Waals surface area contributed by atoms with E-state index in [0.717, 1.165) is 12.0 Å². The molecule has 1 aliphatic carbocycles. The molecule has 0 radical (unpaired) electrons. The first kappa shape index (κ1) is 17.0. The summed E-state index contributed by atoms with van der Waals surface area (Å²) in [6.45, 7) is 0. The Kier molecular flexibility index (Phi) is 4.44. The van der Waals surface area contributed by atoms with Crippen molar-refractivity contribution < 1.29 is 22.8 Å². The van der Waals surface area contributed by atoms with Crippen LogP contribution in [0.3, 0.4) is 0 Å². The van der Waals surface area contributed by atoms with E-state index in [0.29, 0.717) is 23.1 Å². The maximum absolute atomic E-state index is 12.5. The van der Waals surface area contributed by atoms with Gasteiger partial charge in [0.15, 0.2) is 5.78 Å². The number of benzene rings is 2. The molecule has 0 spiro atoms. The highest BCUT2D eigenvalue weighted by Gasteiger charge is 2.38. The van der Waals surface area contributed by atoms with Gasteiger partial charge in [-0.2, -0.15) is 13.2 Å². The lowest BCUT2D eigenvalue weighted by Crippen LogP contribution is -2.29. The van der Waals surface area contributed by atoms with Crippen LogP contribution in [0.15, 0.2) is 54.1 Å². The molecule has 3 rings (SSSR count). The summed E-state index contributed by atoms with van der Waals surface area (Å²) < 4.78 is 37.0. The second kappa shape index (κ2) is 6.55. The van der Waals surface area contributed by atoms with Gasteiger partial charge in [-0.05, 0) is 42.2 Å². The quantitative estimate of drug-likeness (QED) is 0.820. The third kappa shape index (κ3) is 3.79. The molecule has 0 saturated heterocycles. The van der Waals surface area contributed by atoms with Crippen LogP contribution in [0.25, 0.3) is 6.08 Å². The van der Waals surface area contributed by atoms with Crippen molar-refractivity contribution in [1.82, 2.24) is 0 Å². The number of ketones is 1. The molecule has 1 amide bonds. The highest BCUT2D eigenvalue weighted by Crippen LogP contribution is 2.27. The Hall–Kier alpha value is -2.89. The van der Waals surface area contributed by atoms with Gasteiger partial charge in [-0.15, -0.1) is 0 Å². The van der Waals surface area contributed by atoms with Crippen molar-refractivity contribution in [3.05, 3.63) is 70.8 Å². The molecule has 0 atom stereocenters. The normalized spacial score (nSPS) is 15.8. The number of carbonyl (C=O) groups is 2. The van der Waals surface area contributed by atoms with Crippen LogP contribution in [0.5, 0.6) is 0 Å². The first-order chi connectivity index (χ1) is 11.8. The van der Waals surface area contributed by atoms with Crippen LogP contribution in [0.1, 0.15) is 27.9 Å². The number of alkyl halides is 3. The van der Waals surface area contributed by atoms with E-state index in [-0.39, 0.29) is 11.5 Å². The Morgan fingerprint density at radius 2 is 1.80 bits per heavy atom. The lowest BCUT2D eigenvalue weighted by molar-refractivity contribution is -0.167. The highest BCUT2D eigenvalue weighted by molar-refractivity contribution is 6.13. The smallest absolute Gasteiger partial charge is 0.318 e. The van der Waals surface area contributed by atoms with E-state index < -0.39 is 12.1 Å². The number of amides is 1. The number of anilines is 1. The number of hydrogen-bond acceptors (Lipinski definition) is 2. The summed E-state index contributed by atoms with van der Waals surface area (Å²) >= 11 is 0. The van der Waals surface area contributed by atoms with Gasteiger partial charge < -0.3 is 5.32 Å². The van der Waals surface area contributed by atoms with E-state index >= 15 is 0 Å². The van der Waals surface area contributed by atoms with Gasteiger partial charge in [-0.3, -0.25) is 9.59 Å². The number of hydrogen-bond donors (Lipinski definition) is 1. The summed E-state index contributed by atoms with van der Waals surface area (Å²) in [5.41, 5.74) is 2.83. The molecule has 2 aromatic carbocycles. The van der Waals surface area contributed by atoms with Crippen LogP contribution < -0.4 is 5.32 Å². The maximum Gasteiger partial charge on any atom is 0.471 e. The Morgan fingerprint density at radius 3 is 2.56 bits per heavy atom. The molecule has 1 aliphatic rings. The summed E-state index contributed by atoms with van der Waals surface area (Å²) in [4.78, 5) is 23.5. The van der Waals surface area contributed by atoms with Gasteiger partial charge in [-0.1, -0.05) is 36.4 Å². The Morgan fingerprint density at radius 1 is 1.04 bits per heavy atom. The number of halogens is 3. The number of carbonyl (C=O) groups excluding carboxylic acids is 2. The fourth-order valence-corrected chi connectivity index (χ4v) is 2.76. The number of fused-ring (bicyclic) bond motifs is 1. The molecule has 2 aromatic rings. The van der Waals surface area contributed by atoms with Crippen molar-refractivity contribution in [2.45, 2.75) is 19.0 Å². The van der Waals surface area contributed by atoms with E-state index in [1.165, 1.54) is 18.2 Å². The van der Waals surface area contributed by atoms with Gasteiger partial charge in [0.05, 0.1) is 0 Å². The number of nitrogens with one attached hydrogen (secondary N) is 1. The van der Waals surface area contributed by atoms with Crippen LogP contribution in [-0.2, 0) is 11.2 Å². The molecule has 0 aromatic heterocycles. The van der Waals surface area contributed by atoms with Gasteiger partial charge in [0.1, 0.15) is 0 Å². The van der Waals surface area contributed by atoms with Crippen LogP contribution in [0.4, 0.5) is 18.9 Å². The molecule has 25 heavy (non-hydrogen) atoms. The second-order valence-corrected chi connectivity index (χ2v) is 5.73. The Labute approximate surface area is 142 Å². The van der Waals surface area contributed by atoms with Crippen molar-refractivity contribution in [1.29, 1.82) is 0 Å². The molecule has 3 nitrogen and oxygen atoms in total. The van der Waals surface area contributed by atoms with Crippen LogP contribution >= 0.6 is 0 Å². The second-order valence-electron chi connectivity index (χ2n) is 5.73. The third-order valence-corrected chi connectivity index (χ3v) is 3.96. The number of rotatable bonds is 2. The Bertz CT molecular complexity index is 869. The van der Waals surface area contributed by atoms with Crippen molar-refractivity contribution in [2.75, 3.05) is 5.32 Å². The SMILES string of the molecule is O=C1C(=Cc2cccc(NC(=O)C(F)(F)F)c2)CCc2ccccc21. The molecule has 0 fully saturated rings. The van der Waals surface area contributed by atoms with Gasteiger partial charge >= 0.3 is 12.1 Å². The predicted octanol–water partition coefficient (Wildman–Crippen LogP) is 4.40. The summed E-state index contributed by atoms with van der Waals surface area (Å²) in [6, 6.07) is 13.3.